The Hall–Kier alpha value is -1.39. The zero-order chi connectivity index (χ0) is 15.1. The first kappa shape index (κ1) is 16.0. The Labute approximate surface area is 130 Å². The molecule has 2 atom stereocenters. The second-order valence-electron chi connectivity index (χ2n) is 5.06. The molecule has 4 heteroatoms. The molecule has 0 aliphatic heterocycles. The molecule has 112 valence electrons. The summed E-state index contributed by atoms with van der Waals surface area (Å²) in [5.74, 6) is 0. The maximum Gasteiger partial charge on any atom is 0.0927 e. The second kappa shape index (κ2) is 8.15. The number of ether oxygens (including phenoxy) is 1. The fourth-order valence-corrected chi connectivity index (χ4v) is 2.15. The third-order valence-corrected chi connectivity index (χ3v) is 3.53. The Bertz CT molecular complexity index is 530. The van der Waals surface area contributed by atoms with Gasteiger partial charge in [-0.2, -0.15) is 0 Å². The number of nitrogens with two attached hydrogens (primary N) is 1. The standard InChI is InChI=1S/C17H20ClNO2/c18-15-8-6-14(7-9-15)11-21-12-17(20)16(19)10-13-4-2-1-3-5-13/h1-9,16-17,20H,10-12,19H2. The Morgan fingerprint density at radius 3 is 2.33 bits per heavy atom. The van der Waals surface area contributed by atoms with Crippen molar-refractivity contribution in [3.05, 3.63) is 70.7 Å². The smallest absolute Gasteiger partial charge is 0.0927 e. The predicted molar refractivity (Wildman–Crippen MR) is 85.2 cm³/mol. The van der Waals surface area contributed by atoms with Crippen molar-refractivity contribution in [1.82, 2.24) is 0 Å². The summed E-state index contributed by atoms with van der Waals surface area (Å²) in [6, 6.07) is 17.0. The van der Waals surface area contributed by atoms with Crippen LogP contribution in [0.1, 0.15) is 11.1 Å². The van der Waals surface area contributed by atoms with Crippen molar-refractivity contribution >= 4 is 11.6 Å². The van der Waals surface area contributed by atoms with Gasteiger partial charge < -0.3 is 15.6 Å². The van der Waals surface area contributed by atoms with Crippen LogP contribution in [0.5, 0.6) is 0 Å². The van der Waals surface area contributed by atoms with Gasteiger partial charge in [0.25, 0.3) is 0 Å². The average molecular weight is 306 g/mol. The summed E-state index contributed by atoms with van der Waals surface area (Å²) in [6.07, 6.45) is -0.0516. The number of hydrogen-bond donors (Lipinski definition) is 2. The molecule has 2 aromatic carbocycles. The van der Waals surface area contributed by atoms with Gasteiger partial charge in [-0.1, -0.05) is 54.1 Å². The van der Waals surface area contributed by atoms with E-state index in [1.54, 1.807) is 0 Å². The minimum absolute atomic E-state index is 0.219. The SMILES string of the molecule is NC(Cc1ccccc1)C(O)COCc1ccc(Cl)cc1. The summed E-state index contributed by atoms with van der Waals surface area (Å²) < 4.78 is 5.51. The van der Waals surface area contributed by atoms with Crippen molar-refractivity contribution in [2.45, 2.75) is 25.2 Å². The van der Waals surface area contributed by atoms with Crippen LogP contribution in [-0.4, -0.2) is 23.9 Å². The largest absolute Gasteiger partial charge is 0.389 e. The quantitative estimate of drug-likeness (QED) is 0.827. The number of benzene rings is 2. The molecule has 3 N–H and O–H groups in total. The van der Waals surface area contributed by atoms with E-state index in [1.165, 1.54) is 0 Å². The van der Waals surface area contributed by atoms with E-state index in [-0.39, 0.29) is 12.6 Å². The van der Waals surface area contributed by atoms with E-state index in [9.17, 15) is 5.11 Å². The van der Waals surface area contributed by atoms with E-state index in [2.05, 4.69) is 0 Å². The maximum absolute atomic E-state index is 10.0. The Morgan fingerprint density at radius 2 is 1.67 bits per heavy atom. The van der Waals surface area contributed by atoms with Crippen LogP contribution in [0.25, 0.3) is 0 Å². The first-order valence-electron chi connectivity index (χ1n) is 6.95. The summed E-state index contributed by atoms with van der Waals surface area (Å²) >= 11 is 5.82. The minimum Gasteiger partial charge on any atom is -0.389 e. The molecule has 2 unspecified atom stereocenters. The first-order chi connectivity index (χ1) is 10.1. The summed E-state index contributed by atoms with van der Waals surface area (Å²) in [7, 11) is 0. The molecular formula is C17H20ClNO2. The van der Waals surface area contributed by atoms with Crippen molar-refractivity contribution < 1.29 is 9.84 Å². The van der Waals surface area contributed by atoms with Crippen molar-refractivity contribution in [1.29, 1.82) is 0 Å². The molecule has 0 aromatic heterocycles. The zero-order valence-electron chi connectivity index (χ0n) is 11.8. The van der Waals surface area contributed by atoms with Crippen LogP contribution in [0.15, 0.2) is 54.6 Å². The maximum atomic E-state index is 10.0. The molecule has 0 amide bonds. The van der Waals surface area contributed by atoms with E-state index >= 15 is 0 Å². The van der Waals surface area contributed by atoms with Crippen molar-refractivity contribution in [2.75, 3.05) is 6.61 Å². The number of rotatable bonds is 7. The number of halogens is 1. The topological polar surface area (TPSA) is 55.5 Å². The fraction of sp³-hybridized carbons (Fsp3) is 0.294. The van der Waals surface area contributed by atoms with Crippen LogP contribution in [0, 0.1) is 0 Å². The van der Waals surface area contributed by atoms with Gasteiger partial charge in [-0.05, 0) is 29.7 Å². The first-order valence-corrected chi connectivity index (χ1v) is 7.32. The van der Waals surface area contributed by atoms with Crippen LogP contribution in [0.2, 0.25) is 5.02 Å². The lowest BCUT2D eigenvalue weighted by Gasteiger charge is -2.19. The van der Waals surface area contributed by atoms with Gasteiger partial charge in [0.15, 0.2) is 0 Å². The predicted octanol–water partition coefficient (Wildman–Crippen LogP) is 2.79. The van der Waals surface area contributed by atoms with E-state index in [0.717, 1.165) is 11.1 Å². The molecule has 2 aromatic rings. The molecule has 0 bridgehead atoms. The molecule has 2 rings (SSSR count). The van der Waals surface area contributed by atoms with Gasteiger partial charge in [-0.25, -0.2) is 0 Å². The van der Waals surface area contributed by atoms with Crippen LogP contribution in [-0.2, 0) is 17.8 Å². The zero-order valence-corrected chi connectivity index (χ0v) is 12.5. The normalized spacial score (nSPS) is 13.9. The van der Waals surface area contributed by atoms with Crippen LogP contribution in [0.4, 0.5) is 0 Å². The highest BCUT2D eigenvalue weighted by atomic mass is 35.5. The van der Waals surface area contributed by atoms with Crippen molar-refractivity contribution in [2.24, 2.45) is 5.73 Å². The lowest BCUT2D eigenvalue weighted by Crippen LogP contribution is -2.39. The van der Waals surface area contributed by atoms with Crippen molar-refractivity contribution in [3.63, 3.8) is 0 Å². The van der Waals surface area contributed by atoms with Gasteiger partial charge in [0.05, 0.1) is 19.3 Å². The Balaban J connectivity index is 1.73. The molecule has 0 aliphatic rings. The van der Waals surface area contributed by atoms with Gasteiger partial charge in [0.2, 0.25) is 0 Å². The summed E-state index contributed by atoms with van der Waals surface area (Å²) in [6.45, 7) is 0.656. The highest BCUT2D eigenvalue weighted by molar-refractivity contribution is 6.30. The molecule has 0 saturated carbocycles. The monoisotopic (exact) mass is 305 g/mol. The summed E-state index contributed by atoms with van der Waals surface area (Å²) in [4.78, 5) is 0. The Morgan fingerprint density at radius 1 is 1.00 bits per heavy atom. The second-order valence-corrected chi connectivity index (χ2v) is 5.50. The molecule has 0 saturated heterocycles. The van der Waals surface area contributed by atoms with Crippen LogP contribution >= 0.6 is 11.6 Å². The Kier molecular flexibility index (Phi) is 6.21. The van der Waals surface area contributed by atoms with E-state index < -0.39 is 6.10 Å². The van der Waals surface area contributed by atoms with Gasteiger partial charge in [0.1, 0.15) is 0 Å². The number of aliphatic hydroxyl groups excluding tert-OH is 1. The summed E-state index contributed by atoms with van der Waals surface area (Å²) in [5, 5.41) is 10.7. The van der Waals surface area contributed by atoms with Gasteiger partial charge in [-0.15, -0.1) is 0 Å². The highest BCUT2D eigenvalue weighted by Crippen LogP contribution is 2.11. The van der Waals surface area contributed by atoms with Gasteiger partial charge in [0, 0.05) is 11.1 Å². The minimum atomic E-state index is -0.683. The van der Waals surface area contributed by atoms with E-state index in [4.69, 9.17) is 22.1 Å². The lowest BCUT2D eigenvalue weighted by atomic mass is 10.0. The highest BCUT2D eigenvalue weighted by Gasteiger charge is 2.15. The van der Waals surface area contributed by atoms with Crippen LogP contribution < -0.4 is 5.73 Å². The van der Waals surface area contributed by atoms with Gasteiger partial charge >= 0.3 is 0 Å². The summed E-state index contributed by atoms with van der Waals surface area (Å²) in [5.41, 5.74) is 8.13. The molecule has 21 heavy (non-hydrogen) atoms. The van der Waals surface area contributed by atoms with Gasteiger partial charge in [-0.3, -0.25) is 0 Å². The molecule has 0 radical (unpaired) electrons. The third kappa shape index (κ3) is 5.48. The number of aliphatic hydroxyl groups is 1. The van der Waals surface area contributed by atoms with E-state index in [1.807, 2.05) is 54.6 Å². The number of hydrogen-bond acceptors (Lipinski definition) is 3. The molecular weight excluding hydrogens is 286 g/mol. The third-order valence-electron chi connectivity index (χ3n) is 3.28. The molecule has 3 nitrogen and oxygen atoms in total. The average Bonchev–Trinajstić information content (AvgIpc) is 2.50. The lowest BCUT2D eigenvalue weighted by molar-refractivity contribution is 0.0160. The molecule has 0 fully saturated rings. The molecule has 0 spiro atoms. The fourth-order valence-electron chi connectivity index (χ4n) is 2.02. The van der Waals surface area contributed by atoms with Crippen molar-refractivity contribution in [3.8, 4) is 0 Å². The van der Waals surface area contributed by atoms with E-state index in [0.29, 0.717) is 18.1 Å². The van der Waals surface area contributed by atoms with Crippen LogP contribution in [0.3, 0.4) is 0 Å². The molecule has 0 aliphatic carbocycles. The molecule has 0 heterocycles.